The molecule has 115 heavy (non-hydrogen) atoms. The summed E-state index contributed by atoms with van der Waals surface area (Å²) >= 11 is 2.45. The molecule has 2 saturated heterocycles. The normalized spacial score (nSPS) is 22.5. The smallest absolute Gasteiger partial charge is 0.404 e. The second-order valence-corrected chi connectivity index (χ2v) is 29.8. The average molecular weight is 1670 g/mol. The van der Waals surface area contributed by atoms with Gasteiger partial charge in [0.2, 0.25) is 41.4 Å². The van der Waals surface area contributed by atoms with Gasteiger partial charge in [0.15, 0.2) is 18.7 Å². The highest BCUT2D eigenvalue weighted by atomic mass is 32.1. The number of hydrogen-bond acceptors (Lipinski definition) is 36. The lowest BCUT2D eigenvalue weighted by atomic mass is 9.96. The zero-order valence-corrected chi connectivity index (χ0v) is 66.0. The molecule has 4 aromatic heterocycles. The summed E-state index contributed by atoms with van der Waals surface area (Å²) < 4.78 is 28.8. The van der Waals surface area contributed by atoms with Gasteiger partial charge in [-0.2, -0.15) is 0 Å². The number of hydrogen-bond donors (Lipinski definition) is 25. The van der Waals surface area contributed by atoms with E-state index in [1.165, 1.54) is 50.4 Å². The van der Waals surface area contributed by atoms with Crippen LogP contribution in [0.25, 0.3) is 10.7 Å². The van der Waals surface area contributed by atoms with Gasteiger partial charge in [0, 0.05) is 55.3 Å². The molecule has 0 spiro atoms. The molecule has 642 valence electrons. The van der Waals surface area contributed by atoms with Gasteiger partial charge in [0.05, 0.1) is 78.7 Å². The van der Waals surface area contributed by atoms with E-state index in [1.807, 2.05) is 13.8 Å². The molecule has 6 heterocycles. The lowest BCUT2D eigenvalue weighted by molar-refractivity contribution is -0.372. The first-order chi connectivity index (χ1) is 54.5. The number of imidazole rings is 1. The molecule has 0 bridgehead atoms. The molecule has 0 aromatic carbocycles. The van der Waals surface area contributed by atoms with Crippen LogP contribution in [0.2, 0.25) is 0 Å². The Morgan fingerprint density at radius 2 is 1.35 bits per heavy atom. The Morgan fingerprint density at radius 1 is 0.678 bits per heavy atom. The summed E-state index contributed by atoms with van der Waals surface area (Å²) in [7, 11) is 0. The maximum Gasteiger partial charge on any atom is 0.404 e. The second-order valence-electron chi connectivity index (χ2n) is 28.0. The third-order valence-corrected chi connectivity index (χ3v) is 20.5. The van der Waals surface area contributed by atoms with Crippen LogP contribution >= 0.6 is 22.7 Å². The van der Waals surface area contributed by atoms with Crippen LogP contribution in [0, 0.1) is 18.8 Å². The fraction of sp³-hybridized carbons (Fsp3) is 0.662. The van der Waals surface area contributed by atoms with E-state index in [1.54, 1.807) is 10.8 Å². The van der Waals surface area contributed by atoms with E-state index in [2.05, 4.69) is 77.8 Å². The van der Waals surface area contributed by atoms with Crippen LogP contribution in [0.15, 0.2) is 23.3 Å². The number of amides is 10. The quantitative estimate of drug-likeness (QED) is 0.0183. The fourth-order valence-electron chi connectivity index (χ4n) is 11.8. The number of aliphatic hydroxyl groups excluding tert-OH is 8. The lowest BCUT2D eigenvalue weighted by Gasteiger charge is -2.47. The van der Waals surface area contributed by atoms with Crippen molar-refractivity contribution in [2.75, 3.05) is 64.8 Å². The first kappa shape index (κ1) is 95.0. The highest BCUT2D eigenvalue weighted by molar-refractivity contribution is 7.14. The molecule has 0 aliphatic carbocycles. The largest absolute Gasteiger partial charge is 0.441 e. The molecule has 0 unspecified atom stereocenters. The van der Waals surface area contributed by atoms with Crippen molar-refractivity contribution < 1.29 is 112 Å². The van der Waals surface area contributed by atoms with Crippen molar-refractivity contribution in [3.05, 3.63) is 56.8 Å². The summed E-state index contributed by atoms with van der Waals surface area (Å²) in [6.07, 6.45) is -21.4. The van der Waals surface area contributed by atoms with E-state index < -0.39 is 195 Å². The SMILES string of the molecule is Cc1c(N)nc([C@H](CC(N)=O)NC[C@H](N)C(N)=O)nc1C(=O)N[C@H](C(=O)N[C@H](C)[C@@H](O)[C@H](C)C(=O)N[C@H](C(=O)NCCc1nc(-c2nc(C(=O)NCCCNCCCCNC(=O)[C@H](CCCCN)NC(=O)[C@H](N)C(C)C)cs2)cs1)[C@@H](C)O)[C@@H](O[C@@H]1O[C@@H](CO)[C@@H](O)[C@H](O)[C@@H]1O[C@H]1O[C@H](CO)[C@@H](O)[C@H](OC(N)=O)[C@@H]1O)c1cnc[nH]1. The first-order valence-electron chi connectivity index (χ1n) is 37.2. The third kappa shape index (κ3) is 27.7. The molecule has 2 aliphatic heterocycles. The number of nitrogens with zero attached hydrogens (tertiary/aromatic N) is 5. The number of anilines is 1. The van der Waals surface area contributed by atoms with Crippen molar-refractivity contribution in [2.24, 2.45) is 46.2 Å². The van der Waals surface area contributed by atoms with Gasteiger partial charge >= 0.3 is 6.09 Å². The summed E-state index contributed by atoms with van der Waals surface area (Å²) in [6, 6.07) is -9.39. The van der Waals surface area contributed by atoms with E-state index in [9.17, 15) is 84.0 Å². The molecule has 2 aliphatic rings. The number of rotatable bonds is 48. The molecule has 4 aromatic rings. The van der Waals surface area contributed by atoms with Gasteiger partial charge in [-0.05, 0) is 84.8 Å². The third-order valence-electron chi connectivity index (χ3n) is 18.8. The number of ether oxygens (including phenoxy) is 5. The number of primary amides is 3. The molecule has 32 N–H and O–H groups in total. The summed E-state index contributed by atoms with van der Waals surface area (Å²) in [5.74, 6) is -9.64. The topological polar surface area (TPSA) is 749 Å². The van der Waals surface area contributed by atoms with Crippen LogP contribution in [0.4, 0.5) is 10.6 Å². The number of nitrogens with two attached hydrogens (primary N) is 7. The molecular weight excluding hydrogens is 1560 g/mol. The van der Waals surface area contributed by atoms with Gasteiger partial charge in [0.25, 0.3) is 11.8 Å². The summed E-state index contributed by atoms with van der Waals surface area (Å²) in [6.45, 7) is 8.76. The van der Waals surface area contributed by atoms with Gasteiger partial charge in [-0.3, -0.25) is 43.2 Å². The Bertz CT molecular complexity index is 3830. The average Bonchev–Trinajstić information content (AvgIpc) is 1.77. The van der Waals surface area contributed by atoms with E-state index in [0.717, 1.165) is 25.4 Å². The number of nitrogen functional groups attached to an aromatic ring is 1. The molecule has 0 radical (unpaired) electrons. The predicted molar refractivity (Wildman–Crippen MR) is 407 cm³/mol. The highest BCUT2D eigenvalue weighted by Gasteiger charge is 2.54. The maximum absolute atomic E-state index is 15.3. The number of thiazole rings is 2. The van der Waals surface area contributed by atoms with Gasteiger partial charge in [-0.15, -0.1) is 22.7 Å². The number of carbonyl (C=O) groups is 10. The molecule has 10 amide bonds. The predicted octanol–water partition coefficient (Wildman–Crippen LogP) is -8.50. The molecule has 6 rings (SSSR count). The van der Waals surface area contributed by atoms with E-state index in [-0.39, 0.29) is 71.7 Å². The van der Waals surface area contributed by atoms with E-state index in [0.29, 0.717) is 74.1 Å². The Balaban J connectivity index is 1.10. The number of carbonyl (C=O) groups excluding carboxylic acids is 10. The Kier molecular flexibility index (Phi) is 38.2. The summed E-state index contributed by atoms with van der Waals surface area (Å²) in [5, 5.41) is 117. The van der Waals surface area contributed by atoms with Crippen LogP contribution in [-0.4, -0.2) is 299 Å². The van der Waals surface area contributed by atoms with Gasteiger partial charge in [-0.25, -0.2) is 29.7 Å². The minimum atomic E-state index is -2.21. The first-order valence-corrected chi connectivity index (χ1v) is 39.0. The van der Waals surface area contributed by atoms with Crippen molar-refractivity contribution >= 4 is 87.7 Å². The number of aliphatic hydroxyl groups is 8. The highest BCUT2D eigenvalue weighted by Crippen LogP contribution is 2.35. The summed E-state index contributed by atoms with van der Waals surface area (Å²) in [4.78, 5) is 157. The number of unbranched alkanes of at least 4 members (excludes halogenated alkanes) is 2. The Morgan fingerprint density at radius 3 is 1.99 bits per heavy atom. The fourth-order valence-corrected chi connectivity index (χ4v) is 13.4. The summed E-state index contributed by atoms with van der Waals surface area (Å²) in [5.41, 5.74) is 39.6. The number of aromatic nitrogens is 6. The number of aromatic amines is 1. The van der Waals surface area contributed by atoms with Crippen molar-refractivity contribution in [3.8, 4) is 10.7 Å². The van der Waals surface area contributed by atoms with Crippen molar-refractivity contribution in [1.82, 2.24) is 77.8 Å². The second kappa shape index (κ2) is 46.2. The molecule has 45 nitrogen and oxygen atoms in total. The minimum Gasteiger partial charge on any atom is -0.441 e. The van der Waals surface area contributed by atoms with Crippen molar-refractivity contribution in [3.63, 3.8) is 0 Å². The lowest BCUT2D eigenvalue weighted by Crippen LogP contribution is -2.65. The minimum absolute atomic E-state index is 0.0429. The van der Waals surface area contributed by atoms with Crippen molar-refractivity contribution in [2.45, 2.75) is 215 Å². The monoisotopic (exact) mass is 1670 g/mol. The molecule has 2 fully saturated rings. The molecule has 0 saturated carbocycles. The van der Waals surface area contributed by atoms with E-state index >= 15 is 4.79 Å². The van der Waals surface area contributed by atoms with Crippen LogP contribution in [0.3, 0.4) is 0 Å². The molecular formula is C68H110N22O23S2. The van der Waals surface area contributed by atoms with Gasteiger partial charge in [-0.1, -0.05) is 20.8 Å². The van der Waals surface area contributed by atoms with Crippen LogP contribution in [0.5, 0.6) is 0 Å². The Hall–Kier alpha value is -8.83. The Labute approximate surface area is 668 Å². The molecule has 21 atom stereocenters. The zero-order chi connectivity index (χ0) is 85.1. The van der Waals surface area contributed by atoms with Crippen LogP contribution < -0.4 is 88.0 Å². The zero-order valence-electron chi connectivity index (χ0n) is 64.3. The van der Waals surface area contributed by atoms with Crippen molar-refractivity contribution in [1.29, 1.82) is 0 Å². The molecule has 47 heteroatoms. The van der Waals surface area contributed by atoms with Gasteiger partial charge in [0.1, 0.15) is 101 Å². The van der Waals surface area contributed by atoms with Gasteiger partial charge < -0.3 is 158 Å². The maximum atomic E-state index is 15.3. The number of nitrogens with one attached hydrogen (secondary N) is 10. The number of H-pyrrole nitrogens is 1. The van der Waals surface area contributed by atoms with Crippen LogP contribution in [0.1, 0.15) is 135 Å². The standard InChI is InChI=1S/C68H110N22O23S2/c1-28(2)43(72)61(104)85-34(12-7-8-14-69)59(102)78-17-10-9-15-76-16-11-18-79-60(103)37-25-115-65(86-37)38-26-114-42(84-38)13-19-80-62(105)45(32(6)93)88-58(101)30(4)47(95)31(5)83-64(107)46(89-63(106)44-29(3)55(73)90-57(87-44)35(20-41(71)94)81-21-33(70)56(74)100)52(36-22-77-27-82-36)111-67-54(50(98)48(96)39(23-91)110-67)112-66-51(99)53(113-68(75)108)49(97)40(24-92)109-66/h22,25-28,30-35,39-40,43,45-54,66-67,76,81,91-93,95-99H,7-21,23-24,69-70,72H2,1-6H3,(H2,71,94)(H2,74,100)(H2,75,108)(H,77,82)(H,78,102)(H,79,103)(H,80,105)(H,83,107)(H,85,104)(H,88,101)(H,89,106)(H2,73,87,90)/t30-,31+,32+,33-,34-,35-,39-,40+,43+,45-,46-,47-,48+,49+,50-,51-,52-,53-,54-,66+,67-/m0/s1. The van der Waals surface area contributed by atoms with Crippen LogP contribution in [-0.2, 0) is 63.7 Å². The van der Waals surface area contributed by atoms with E-state index in [4.69, 9.17) is 63.8 Å².